The molecule has 6 nitrogen and oxygen atoms in total. The van der Waals surface area contributed by atoms with Gasteiger partial charge in [-0.1, -0.05) is 24.3 Å². The predicted molar refractivity (Wildman–Crippen MR) is 99.8 cm³/mol. The summed E-state index contributed by atoms with van der Waals surface area (Å²) in [5.41, 5.74) is 1.51. The quantitative estimate of drug-likeness (QED) is 0.863. The topological polar surface area (TPSA) is 63.6 Å². The number of pyridine rings is 1. The molecule has 144 valence electrons. The molecule has 27 heavy (non-hydrogen) atoms. The first kappa shape index (κ1) is 19.3. The molecule has 0 saturated carbocycles. The largest absolute Gasteiger partial charge is 0.379 e. The molecule has 0 aliphatic carbocycles. The molecule has 1 saturated heterocycles. The van der Waals surface area contributed by atoms with Crippen molar-refractivity contribution in [1.82, 2.24) is 14.8 Å². The smallest absolute Gasteiger partial charge is 0.255 e. The Bertz CT molecular complexity index is 875. The van der Waals surface area contributed by atoms with Crippen LogP contribution in [0.5, 0.6) is 0 Å². The molecule has 1 aromatic heterocycles. The van der Waals surface area contributed by atoms with Crippen LogP contribution in [0.25, 0.3) is 0 Å². The lowest BCUT2D eigenvalue weighted by Crippen LogP contribution is -2.46. The molecule has 2 aromatic rings. The molecule has 3 rings (SSSR count). The van der Waals surface area contributed by atoms with Crippen molar-refractivity contribution < 1.29 is 13.9 Å². The van der Waals surface area contributed by atoms with Gasteiger partial charge in [-0.05, 0) is 19.1 Å². The monoisotopic (exact) mass is 373 g/mol. The van der Waals surface area contributed by atoms with Crippen molar-refractivity contribution in [3.8, 4) is 0 Å². The molecule has 1 aliphatic rings. The second-order valence-corrected chi connectivity index (χ2v) is 6.65. The molecule has 1 fully saturated rings. The highest BCUT2D eigenvalue weighted by Crippen LogP contribution is 2.24. The van der Waals surface area contributed by atoms with Crippen molar-refractivity contribution in [2.45, 2.75) is 19.5 Å². The van der Waals surface area contributed by atoms with E-state index in [1.165, 1.54) is 10.6 Å². The Morgan fingerprint density at radius 2 is 1.93 bits per heavy atom. The Kier molecular flexibility index (Phi) is 6.03. The Morgan fingerprint density at radius 3 is 2.63 bits per heavy atom. The second kappa shape index (κ2) is 8.45. The number of ether oxygens (including phenoxy) is 1. The Hall–Kier alpha value is -2.51. The molecule has 1 aromatic carbocycles. The maximum atomic E-state index is 14.4. The summed E-state index contributed by atoms with van der Waals surface area (Å²) in [4.78, 5) is 27.2. The lowest BCUT2D eigenvalue weighted by molar-refractivity contribution is -0.128. The number of amides is 1. The summed E-state index contributed by atoms with van der Waals surface area (Å²) in [6, 6.07) is 9.08. The number of hydrogen-bond acceptors (Lipinski definition) is 4. The minimum absolute atomic E-state index is 0.0983. The lowest BCUT2D eigenvalue weighted by atomic mass is 10.0. The van der Waals surface area contributed by atoms with E-state index in [0.29, 0.717) is 37.4 Å². The first-order valence-electron chi connectivity index (χ1n) is 8.98. The van der Waals surface area contributed by atoms with Crippen LogP contribution in [0.15, 0.2) is 41.2 Å². The molecule has 1 atom stereocenters. The zero-order valence-corrected chi connectivity index (χ0v) is 15.6. The second-order valence-electron chi connectivity index (χ2n) is 6.65. The number of hydrogen-bond donors (Lipinski definition) is 1. The minimum atomic E-state index is -0.760. The van der Waals surface area contributed by atoms with Gasteiger partial charge in [0.25, 0.3) is 5.56 Å². The molecule has 2 heterocycles. The van der Waals surface area contributed by atoms with Crippen molar-refractivity contribution in [3.05, 3.63) is 69.4 Å². The van der Waals surface area contributed by atoms with E-state index in [2.05, 4.69) is 5.32 Å². The number of aryl methyl sites for hydroxylation is 1. The third-order valence-electron chi connectivity index (χ3n) is 4.95. The number of rotatable bonds is 5. The van der Waals surface area contributed by atoms with Gasteiger partial charge in [-0.25, -0.2) is 4.39 Å². The van der Waals surface area contributed by atoms with Crippen molar-refractivity contribution in [2.24, 2.45) is 7.05 Å². The number of halogens is 1. The number of morpholine rings is 1. The van der Waals surface area contributed by atoms with Crippen LogP contribution in [0, 0.1) is 12.7 Å². The van der Waals surface area contributed by atoms with E-state index in [-0.39, 0.29) is 18.0 Å². The molecule has 1 amide bonds. The maximum absolute atomic E-state index is 14.4. The average molecular weight is 373 g/mol. The molecule has 7 heteroatoms. The summed E-state index contributed by atoms with van der Waals surface area (Å²) >= 11 is 0. The standard InChI is InChI=1S/C20H24FN3O3/c1-14-7-8-15(20(26)23(14)2)13-22-19(25)18(24-9-11-27-12-10-24)16-5-3-4-6-17(16)21/h3-8,18H,9-13H2,1-2H3,(H,22,25). The van der Waals surface area contributed by atoms with E-state index >= 15 is 0 Å². The fourth-order valence-electron chi connectivity index (χ4n) is 3.23. The molecule has 0 bridgehead atoms. The van der Waals surface area contributed by atoms with E-state index in [1.807, 2.05) is 17.9 Å². The summed E-state index contributed by atoms with van der Waals surface area (Å²) < 4.78 is 21.3. The third-order valence-corrected chi connectivity index (χ3v) is 4.95. The zero-order chi connectivity index (χ0) is 19.4. The summed E-state index contributed by atoms with van der Waals surface area (Å²) in [6.45, 7) is 4.02. The van der Waals surface area contributed by atoms with Crippen LogP contribution in [0.1, 0.15) is 22.9 Å². The van der Waals surface area contributed by atoms with Crippen molar-refractivity contribution >= 4 is 5.91 Å². The van der Waals surface area contributed by atoms with Crippen LogP contribution in [-0.4, -0.2) is 41.7 Å². The average Bonchev–Trinajstić information content (AvgIpc) is 2.68. The Balaban J connectivity index is 1.82. The van der Waals surface area contributed by atoms with E-state index in [1.54, 1.807) is 31.3 Å². The first-order valence-corrected chi connectivity index (χ1v) is 8.98. The van der Waals surface area contributed by atoms with Gasteiger partial charge in [-0.2, -0.15) is 0 Å². The van der Waals surface area contributed by atoms with Gasteiger partial charge < -0.3 is 14.6 Å². The highest BCUT2D eigenvalue weighted by atomic mass is 19.1. The van der Waals surface area contributed by atoms with Crippen LogP contribution in [0.2, 0.25) is 0 Å². The van der Waals surface area contributed by atoms with Crippen molar-refractivity contribution in [1.29, 1.82) is 0 Å². The third kappa shape index (κ3) is 4.26. The number of nitrogens with one attached hydrogen (secondary N) is 1. The van der Waals surface area contributed by atoms with Gasteiger partial charge >= 0.3 is 0 Å². The van der Waals surface area contributed by atoms with Crippen LogP contribution in [0.4, 0.5) is 4.39 Å². The van der Waals surface area contributed by atoms with E-state index in [9.17, 15) is 14.0 Å². The molecule has 1 N–H and O–H groups in total. The predicted octanol–water partition coefficient (Wildman–Crippen LogP) is 1.52. The van der Waals surface area contributed by atoms with Gasteiger partial charge in [0.05, 0.1) is 13.2 Å². The summed E-state index contributed by atoms with van der Waals surface area (Å²) in [7, 11) is 1.69. The fourth-order valence-corrected chi connectivity index (χ4v) is 3.23. The van der Waals surface area contributed by atoms with E-state index < -0.39 is 11.9 Å². The molecule has 1 unspecified atom stereocenters. The molecule has 1 aliphatic heterocycles. The van der Waals surface area contributed by atoms with Gasteiger partial charge in [0.2, 0.25) is 5.91 Å². The summed E-state index contributed by atoms with van der Waals surface area (Å²) in [5.74, 6) is -0.750. The molecule has 0 spiro atoms. The van der Waals surface area contributed by atoms with E-state index in [0.717, 1.165) is 5.69 Å². The van der Waals surface area contributed by atoms with Crippen LogP contribution >= 0.6 is 0 Å². The number of carbonyl (C=O) groups excluding carboxylic acids is 1. The van der Waals surface area contributed by atoms with Gasteiger partial charge in [-0.15, -0.1) is 0 Å². The van der Waals surface area contributed by atoms with Crippen molar-refractivity contribution in [2.75, 3.05) is 26.3 Å². The minimum Gasteiger partial charge on any atom is -0.379 e. The van der Waals surface area contributed by atoms with Gasteiger partial charge in [0, 0.05) is 43.5 Å². The maximum Gasteiger partial charge on any atom is 0.255 e. The number of benzene rings is 1. The van der Waals surface area contributed by atoms with Gasteiger partial charge in [0.15, 0.2) is 0 Å². The number of nitrogens with zero attached hydrogens (tertiary/aromatic N) is 2. The molecular weight excluding hydrogens is 349 g/mol. The summed E-state index contributed by atoms with van der Waals surface area (Å²) in [6.07, 6.45) is 0. The molecule has 0 radical (unpaired) electrons. The first-order chi connectivity index (χ1) is 13.0. The van der Waals surface area contributed by atoms with Crippen LogP contribution in [-0.2, 0) is 23.1 Å². The normalized spacial score (nSPS) is 16.1. The Labute approximate surface area is 157 Å². The van der Waals surface area contributed by atoms with Crippen LogP contribution < -0.4 is 10.9 Å². The van der Waals surface area contributed by atoms with Crippen LogP contribution in [0.3, 0.4) is 0 Å². The zero-order valence-electron chi connectivity index (χ0n) is 15.6. The lowest BCUT2D eigenvalue weighted by Gasteiger charge is -2.33. The highest BCUT2D eigenvalue weighted by molar-refractivity contribution is 5.83. The fraction of sp³-hybridized carbons (Fsp3) is 0.400. The molecular formula is C20H24FN3O3. The van der Waals surface area contributed by atoms with E-state index in [4.69, 9.17) is 4.74 Å². The Morgan fingerprint density at radius 1 is 1.22 bits per heavy atom. The number of aromatic nitrogens is 1. The van der Waals surface area contributed by atoms with Crippen molar-refractivity contribution in [3.63, 3.8) is 0 Å². The van der Waals surface area contributed by atoms with Gasteiger partial charge in [-0.3, -0.25) is 14.5 Å². The SMILES string of the molecule is Cc1ccc(CNC(=O)C(c2ccccc2F)N2CCOCC2)c(=O)n1C. The number of carbonyl (C=O) groups is 1. The van der Waals surface area contributed by atoms with Gasteiger partial charge in [0.1, 0.15) is 11.9 Å². The highest BCUT2D eigenvalue weighted by Gasteiger charge is 2.31. The summed E-state index contributed by atoms with van der Waals surface area (Å²) in [5, 5.41) is 2.81.